The van der Waals surface area contributed by atoms with Crippen LogP contribution in [-0.2, 0) is 0 Å². The van der Waals surface area contributed by atoms with Crippen LogP contribution in [0.3, 0.4) is 0 Å². The first-order valence-electron chi connectivity index (χ1n) is 5.02. The first kappa shape index (κ1) is 10.7. The molecule has 17 heavy (non-hydrogen) atoms. The summed E-state index contributed by atoms with van der Waals surface area (Å²) in [7, 11) is 0. The number of hydrogen-bond donors (Lipinski definition) is 1. The largest absolute Gasteiger partial charge is 0.333 e. The van der Waals surface area contributed by atoms with E-state index in [9.17, 15) is 4.79 Å². The van der Waals surface area contributed by atoms with E-state index in [1.165, 1.54) is 11.5 Å². The molecule has 0 saturated heterocycles. The number of carbonyl (C=O) groups is 1. The van der Waals surface area contributed by atoms with Gasteiger partial charge in [0.05, 0.1) is 18.6 Å². The standard InChI is InChI=1S/C11H8BrN3OS/c12-7-1-3-8(4-2-7)15-6-13-11(16)10-9(15)5-14-17-10/h1-5H,6H2,(H,13,16). The number of fused-ring (bicyclic) bond motifs is 1. The molecule has 1 aromatic heterocycles. The Balaban J connectivity index is 2.04. The first-order valence-corrected chi connectivity index (χ1v) is 6.58. The molecule has 0 fully saturated rings. The molecule has 2 heterocycles. The Morgan fingerprint density at radius 2 is 2.12 bits per heavy atom. The van der Waals surface area contributed by atoms with Crippen LogP contribution in [0.4, 0.5) is 11.4 Å². The van der Waals surface area contributed by atoms with Gasteiger partial charge in [0.1, 0.15) is 4.88 Å². The van der Waals surface area contributed by atoms with E-state index in [0.717, 1.165) is 15.8 Å². The summed E-state index contributed by atoms with van der Waals surface area (Å²) in [5.41, 5.74) is 1.91. The number of nitrogens with zero attached hydrogens (tertiary/aromatic N) is 2. The smallest absolute Gasteiger partial charge is 0.266 e. The lowest BCUT2D eigenvalue weighted by Crippen LogP contribution is -2.39. The highest BCUT2D eigenvalue weighted by molar-refractivity contribution is 9.10. The zero-order chi connectivity index (χ0) is 11.8. The summed E-state index contributed by atoms with van der Waals surface area (Å²) >= 11 is 4.63. The maximum absolute atomic E-state index is 11.6. The lowest BCUT2D eigenvalue weighted by molar-refractivity contribution is 0.0954. The maximum Gasteiger partial charge on any atom is 0.266 e. The van der Waals surface area contributed by atoms with E-state index in [4.69, 9.17) is 0 Å². The van der Waals surface area contributed by atoms with Gasteiger partial charge in [0.15, 0.2) is 0 Å². The topological polar surface area (TPSA) is 45.2 Å². The van der Waals surface area contributed by atoms with Crippen molar-refractivity contribution in [1.82, 2.24) is 9.69 Å². The Bertz CT molecular complexity index is 566. The van der Waals surface area contributed by atoms with Crippen LogP contribution >= 0.6 is 27.5 Å². The molecule has 1 aliphatic heterocycles. The highest BCUT2D eigenvalue weighted by atomic mass is 79.9. The molecule has 0 atom stereocenters. The van der Waals surface area contributed by atoms with Crippen LogP contribution in [0.1, 0.15) is 9.67 Å². The highest BCUT2D eigenvalue weighted by Crippen LogP contribution is 2.32. The summed E-state index contributed by atoms with van der Waals surface area (Å²) in [4.78, 5) is 14.3. The van der Waals surface area contributed by atoms with Crippen molar-refractivity contribution < 1.29 is 4.79 Å². The molecule has 2 aromatic rings. The van der Waals surface area contributed by atoms with Gasteiger partial charge < -0.3 is 10.2 Å². The van der Waals surface area contributed by atoms with Gasteiger partial charge in [-0.15, -0.1) is 0 Å². The van der Waals surface area contributed by atoms with Gasteiger partial charge >= 0.3 is 0 Å². The molecule has 0 spiro atoms. The fraction of sp³-hybridized carbons (Fsp3) is 0.0909. The van der Waals surface area contributed by atoms with Crippen LogP contribution in [-0.4, -0.2) is 16.9 Å². The Morgan fingerprint density at radius 1 is 1.35 bits per heavy atom. The molecule has 3 rings (SSSR count). The van der Waals surface area contributed by atoms with Crippen LogP contribution in [0.25, 0.3) is 0 Å². The molecule has 0 radical (unpaired) electrons. The van der Waals surface area contributed by atoms with Crippen molar-refractivity contribution in [1.29, 1.82) is 0 Å². The number of rotatable bonds is 1. The summed E-state index contributed by atoms with van der Waals surface area (Å²) in [6.45, 7) is 0.478. The maximum atomic E-state index is 11.6. The van der Waals surface area contributed by atoms with Crippen molar-refractivity contribution in [3.05, 3.63) is 39.8 Å². The van der Waals surface area contributed by atoms with Crippen molar-refractivity contribution in [2.24, 2.45) is 0 Å². The van der Waals surface area contributed by atoms with Crippen LogP contribution in [0.15, 0.2) is 34.9 Å². The molecule has 86 valence electrons. The van der Waals surface area contributed by atoms with Crippen molar-refractivity contribution in [2.75, 3.05) is 11.6 Å². The van der Waals surface area contributed by atoms with Crippen LogP contribution in [0.5, 0.6) is 0 Å². The number of halogens is 1. The van der Waals surface area contributed by atoms with Gasteiger partial charge in [-0.05, 0) is 35.8 Å². The van der Waals surface area contributed by atoms with Crippen molar-refractivity contribution in [3.8, 4) is 0 Å². The molecule has 1 N–H and O–H groups in total. The summed E-state index contributed by atoms with van der Waals surface area (Å²) in [5.74, 6) is -0.0455. The average molecular weight is 310 g/mol. The lowest BCUT2D eigenvalue weighted by Gasteiger charge is -2.28. The highest BCUT2D eigenvalue weighted by Gasteiger charge is 2.25. The van der Waals surface area contributed by atoms with E-state index in [-0.39, 0.29) is 5.91 Å². The van der Waals surface area contributed by atoms with Gasteiger partial charge in [0.2, 0.25) is 0 Å². The number of nitrogens with one attached hydrogen (secondary N) is 1. The molecule has 1 amide bonds. The third-order valence-electron chi connectivity index (χ3n) is 2.58. The molecule has 0 bridgehead atoms. The third kappa shape index (κ3) is 1.83. The summed E-state index contributed by atoms with van der Waals surface area (Å²) in [6, 6.07) is 7.96. The molecule has 0 saturated carbocycles. The fourth-order valence-corrected chi connectivity index (χ4v) is 2.69. The third-order valence-corrected chi connectivity index (χ3v) is 3.90. The molecule has 4 nitrogen and oxygen atoms in total. The van der Waals surface area contributed by atoms with Crippen LogP contribution in [0.2, 0.25) is 0 Å². The normalized spacial score (nSPS) is 14.4. The number of hydrogen-bond acceptors (Lipinski definition) is 4. The zero-order valence-corrected chi connectivity index (χ0v) is 11.1. The van der Waals surface area contributed by atoms with E-state index in [1.54, 1.807) is 6.20 Å². The fourth-order valence-electron chi connectivity index (χ4n) is 1.75. The summed E-state index contributed by atoms with van der Waals surface area (Å²) < 4.78 is 5.11. The summed E-state index contributed by atoms with van der Waals surface area (Å²) in [6.07, 6.45) is 1.74. The van der Waals surface area contributed by atoms with E-state index < -0.39 is 0 Å². The Kier molecular flexibility index (Phi) is 2.60. The second kappa shape index (κ2) is 4.12. The zero-order valence-electron chi connectivity index (χ0n) is 8.68. The quantitative estimate of drug-likeness (QED) is 0.881. The minimum absolute atomic E-state index is 0.0455. The monoisotopic (exact) mass is 309 g/mol. The van der Waals surface area contributed by atoms with Crippen molar-refractivity contribution in [2.45, 2.75) is 0 Å². The van der Waals surface area contributed by atoms with Gasteiger partial charge in [0, 0.05) is 10.2 Å². The SMILES string of the molecule is O=C1NCN(c2ccc(Br)cc2)c2cnsc21. The van der Waals surface area contributed by atoms with Gasteiger partial charge in [0.25, 0.3) is 5.91 Å². The number of amides is 1. The van der Waals surface area contributed by atoms with Crippen molar-refractivity contribution >= 4 is 44.7 Å². The first-order chi connectivity index (χ1) is 8.25. The second-order valence-corrected chi connectivity index (χ2v) is 5.33. The van der Waals surface area contributed by atoms with E-state index >= 15 is 0 Å². The van der Waals surface area contributed by atoms with E-state index in [2.05, 4.69) is 25.6 Å². The predicted octanol–water partition coefficient (Wildman–Crippen LogP) is 2.74. The average Bonchev–Trinajstić information content (AvgIpc) is 2.81. The van der Waals surface area contributed by atoms with Gasteiger partial charge in [-0.2, -0.15) is 4.37 Å². The number of benzene rings is 1. The molecule has 0 unspecified atom stereocenters. The summed E-state index contributed by atoms with van der Waals surface area (Å²) in [5, 5.41) is 2.83. The molecule has 0 aliphatic carbocycles. The van der Waals surface area contributed by atoms with E-state index in [0.29, 0.717) is 11.5 Å². The Labute approximate surface area is 111 Å². The van der Waals surface area contributed by atoms with Gasteiger partial charge in [-0.1, -0.05) is 15.9 Å². The minimum atomic E-state index is -0.0455. The molecular weight excluding hydrogens is 302 g/mol. The van der Waals surface area contributed by atoms with Gasteiger partial charge in [-0.3, -0.25) is 4.79 Å². The van der Waals surface area contributed by atoms with Crippen LogP contribution < -0.4 is 10.2 Å². The Morgan fingerprint density at radius 3 is 2.88 bits per heavy atom. The number of carbonyl (C=O) groups excluding carboxylic acids is 1. The molecule has 6 heteroatoms. The number of anilines is 2. The Hall–Kier alpha value is -1.40. The van der Waals surface area contributed by atoms with Gasteiger partial charge in [-0.25, -0.2) is 0 Å². The molecule has 1 aliphatic rings. The van der Waals surface area contributed by atoms with E-state index in [1.807, 2.05) is 29.2 Å². The molecule has 1 aromatic carbocycles. The van der Waals surface area contributed by atoms with Crippen molar-refractivity contribution in [3.63, 3.8) is 0 Å². The number of aromatic nitrogens is 1. The second-order valence-electron chi connectivity index (χ2n) is 3.61. The molecular formula is C11H8BrN3OS. The minimum Gasteiger partial charge on any atom is -0.333 e. The predicted molar refractivity (Wildman–Crippen MR) is 70.7 cm³/mol. The van der Waals surface area contributed by atoms with Crippen LogP contribution in [0, 0.1) is 0 Å². The lowest BCUT2D eigenvalue weighted by atomic mass is 10.2.